The largest absolute Gasteiger partial charge is 0.455 e. The van der Waals surface area contributed by atoms with E-state index in [0.717, 1.165) is 88.5 Å². The van der Waals surface area contributed by atoms with Crippen molar-refractivity contribution < 1.29 is 4.42 Å². The summed E-state index contributed by atoms with van der Waals surface area (Å²) in [6.07, 6.45) is 3.47. The topological polar surface area (TPSA) is 77.6 Å². The number of aromatic nitrogens is 5. The van der Waals surface area contributed by atoms with Crippen molar-refractivity contribution in [1.82, 2.24) is 24.9 Å². The van der Waals surface area contributed by atoms with Crippen molar-refractivity contribution >= 4 is 32.8 Å². The van der Waals surface area contributed by atoms with Crippen LogP contribution >= 0.6 is 0 Å². The summed E-state index contributed by atoms with van der Waals surface area (Å²) in [5, 5.41) is 3.04. The molecule has 0 saturated heterocycles. The molecule has 0 spiro atoms. The predicted molar refractivity (Wildman–Crippen MR) is 238 cm³/mol. The molecule has 0 amide bonds. The van der Waals surface area contributed by atoms with Crippen LogP contribution in [0.15, 0.2) is 205 Å². The lowest BCUT2D eigenvalue weighted by molar-refractivity contribution is 0.670. The summed E-state index contributed by atoms with van der Waals surface area (Å²) in [6, 6.07) is 64.9. The molecule has 6 nitrogen and oxygen atoms in total. The molecule has 3 aromatic heterocycles. The first kappa shape index (κ1) is 34.2. The van der Waals surface area contributed by atoms with Crippen LogP contribution in [0.2, 0.25) is 0 Å². The van der Waals surface area contributed by atoms with E-state index >= 15 is 0 Å². The summed E-state index contributed by atoms with van der Waals surface area (Å²) in [5.41, 5.74) is 14.2. The zero-order chi connectivity index (χ0) is 39.1. The molecule has 0 N–H and O–H groups in total. The van der Waals surface area contributed by atoms with Crippen LogP contribution in [0.4, 0.5) is 0 Å². The van der Waals surface area contributed by atoms with Crippen molar-refractivity contribution in [3.63, 3.8) is 0 Å². The Kier molecular flexibility index (Phi) is 8.37. The molecule has 0 radical (unpaired) electrons. The molecule has 0 bridgehead atoms. The Hall–Kier alpha value is -8.09. The molecule has 0 fully saturated rings. The van der Waals surface area contributed by atoms with Gasteiger partial charge in [0.25, 0.3) is 0 Å². The Morgan fingerprint density at radius 2 is 0.831 bits per heavy atom. The number of hydrogen-bond donors (Lipinski definition) is 0. The lowest BCUT2D eigenvalue weighted by atomic mass is 9.95. The Morgan fingerprint density at radius 1 is 0.373 bits per heavy atom. The average Bonchev–Trinajstić information content (AvgIpc) is 3.72. The van der Waals surface area contributed by atoms with Crippen LogP contribution in [0.25, 0.3) is 112 Å². The SMILES string of the molecule is c1ccc(-c2ccc(-c3nc(-c4ccccc4)nc(-c4ccc(-c5ccc(-c6cccc(-c7cc8cncnc8c8c7oc7ccccc78)c6)cc5)cc4)n3)cc2)cc1. The lowest BCUT2D eigenvalue weighted by Crippen LogP contribution is -2.00. The van der Waals surface area contributed by atoms with Gasteiger partial charge in [0, 0.05) is 39.2 Å². The molecule has 0 atom stereocenters. The van der Waals surface area contributed by atoms with Crippen LogP contribution in [0.1, 0.15) is 0 Å². The molecule has 3 heterocycles. The van der Waals surface area contributed by atoms with E-state index in [-0.39, 0.29) is 0 Å². The summed E-state index contributed by atoms with van der Waals surface area (Å²) in [4.78, 5) is 23.8. The maximum absolute atomic E-state index is 6.49. The molecule has 6 heteroatoms. The summed E-state index contributed by atoms with van der Waals surface area (Å²) < 4.78 is 6.49. The molecule has 0 saturated carbocycles. The van der Waals surface area contributed by atoms with Gasteiger partial charge in [-0.25, -0.2) is 24.9 Å². The molecule has 0 aliphatic rings. The highest BCUT2D eigenvalue weighted by Crippen LogP contribution is 2.41. The van der Waals surface area contributed by atoms with E-state index in [1.807, 2.05) is 60.8 Å². The van der Waals surface area contributed by atoms with Gasteiger partial charge in [-0.05, 0) is 57.1 Å². The Balaban J connectivity index is 0.896. The van der Waals surface area contributed by atoms with Gasteiger partial charge in [0.1, 0.15) is 17.5 Å². The van der Waals surface area contributed by atoms with Gasteiger partial charge >= 0.3 is 0 Å². The summed E-state index contributed by atoms with van der Waals surface area (Å²) in [6.45, 7) is 0. The standard InChI is InChI=1S/C53H33N5O/c1-3-10-34(11-4-1)35-22-26-40(27-23-35)52-56-51(39-12-5-2-6-13-39)57-53(58-52)41-28-24-37(25-29-41)36-18-20-38(21-19-36)42-14-9-15-43(30-42)46-31-44-32-54-33-55-49(44)48-45-16-7-8-17-47(45)59-50(46)48/h1-33H. The van der Waals surface area contributed by atoms with Gasteiger partial charge in [0.05, 0.1) is 10.9 Å². The van der Waals surface area contributed by atoms with Gasteiger partial charge in [-0.1, -0.05) is 170 Å². The predicted octanol–water partition coefficient (Wildman–Crippen LogP) is 13.4. The van der Waals surface area contributed by atoms with Crippen LogP contribution in [0.5, 0.6) is 0 Å². The van der Waals surface area contributed by atoms with Gasteiger partial charge < -0.3 is 4.42 Å². The maximum Gasteiger partial charge on any atom is 0.164 e. The smallest absolute Gasteiger partial charge is 0.164 e. The molecule has 0 aliphatic heterocycles. The van der Waals surface area contributed by atoms with E-state index < -0.39 is 0 Å². The van der Waals surface area contributed by atoms with Crippen molar-refractivity contribution in [3.8, 4) is 78.7 Å². The lowest BCUT2D eigenvalue weighted by Gasteiger charge is -2.10. The minimum atomic E-state index is 0.627. The van der Waals surface area contributed by atoms with E-state index in [4.69, 9.17) is 19.4 Å². The van der Waals surface area contributed by atoms with E-state index in [9.17, 15) is 0 Å². The van der Waals surface area contributed by atoms with Crippen molar-refractivity contribution in [2.24, 2.45) is 0 Å². The Labute approximate surface area is 340 Å². The third-order valence-electron chi connectivity index (χ3n) is 10.9. The highest BCUT2D eigenvalue weighted by Gasteiger charge is 2.18. The zero-order valence-electron chi connectivity index (χ0n) is 31.7. The monoisotopic (exact) mass is 755 g/mol. The number of benzene rings is 8. The fraction of sp³-hybridized carbons (Fsp3) is 0. The molecule has 59 heavy (non-hydrogen) atoms. The highest BCUT2D eigenvalue weighted by atomic mass is 16.3. The van der Waals surface area contributed by atoms with Crippen molar-refractivity contribution in [3.05, 3.63) is 201 Å². The van der Waals surface area contributed by atoms with Crippen LogP contribution in [-0.2, 0) is 0 Å². The van der Waals surface area contributed by atoms with Crippen LogP contribution in [0.3, 0.4) is 0 Å². The number of para-hydroxylation sites is 1. The van der Waals surface area contributed by atoms with Gasteiger partial charge in [-0.2, -0.15) is 0 Å². The molecule has 276 valence electrons. The summed E-state index contributed by atoms with van der Waals surface area (Å²) >= 11 is 0. The normalized spacial score (nSPS) is 11.4. The molecule has 8 aromatic carbocycles. The van der Waals surface area contributed by atoms with Gasteiger partial charge in [-0.15, -0.1) is 0 Å². The second-order valence-corrected chi connectivity index (χ2v) is 14.5. The van der Waals surface area contributed by atoms with Crippen LogP contribution in [0, 0.1) is 0 Å². The minimum absolute atomic E-state index is 0.627. The first-order valence-electron chi connectivity index (χ1n) is 19.5. The average molecular weight is 756 g/mol. The van der Waals surface area contributed by atoms with Gasteiger partial charge in [0.15, 0.2) is 17.5 Å². The van der Waals surface area contributed by atoms with Gasteiger partial charge in [-0.3, -0.25) is 0 Å². The Morgan fingerprint density at radius 3 is 1.44 bits per heavy atom. The quantitative estimate of drug-likeness (QED) is 0.161. The van der Waals surface area contributed by atoms with Gasteiger partial charge in [0.2, 0.25) is 0 Å². The summed E-state index contributed by atoms with van der Waals surface area (Å²) in [7, 11) is 0. The number of fused-ring (bicyclic) bond motifs is 5. The molecular formula is C53H33N5O. The van der Waals surface area contributed by atoms with E-state index in [1.165, 1.54) is 5.56 Å². The molecular weight excluding hydrogens is 723 g/mol. The second kappa shape index (κ2) is 14.4. The summed E-state index contributed by atoms with van der Waals surface area (Å²) in [5.74, 6) is 1.90. The molecule has 0 unspecified atom stereocenters. The third kappa shape index (κ3) is 6.39. The first-order valence-corrected chi connectivity index (χ1v) is 19.5. The highest BCUT2D eigenvalue weighted by molar-refractivity contribution is 6.21. The van der Waals surface area contributed by atoms with Crippen molar-refractivity contribution in [2.45, 2.75) is 0 Å². The van der Waals surface area contributed by atoms with Crippen molar-refractivity contribution in [1.29, 1.82) is 0 Å². The first-order chi connectivity index (χ1) is 29.2. The van der Waals surface area contributed by atoms with E-state index in [0.29, 0.717) is 17.5 Å². The van der Waals surface area contributed by atoms with Crippen LogP contribution < -0.4 is 0 Å². The fourth-order valence-electron chi connectivity index (χ4n) is 7.89. The van der Waals surface area contributed by atoms with E-state index in [1.54, 1.807) is 6.33 Å². The third-order valence-corrected chi connectivity index (χ3v) is 10.9. The molecule has 11 aromatic rings. The number of hydrogen-bond acceptors (Lipinski definition) is 6. The van der Waals surface area contributed by atoms with Crippen LogP contribution in [-0.4, -0.2) is 24.9 Å². The van der Waals surface area contributed by atoms with Crippen molar-refractivity contribution in [2.75, 3.05) is 0 Å². The Bertz CT molecular complexity index is 3290. The second-order valence-electron chi connectivity index (χ2n) is 14.5. The number of rotatable bonds is 7. The molecule has 11 rings (SSSR count). The zero-order valence-corrected chi connectivity index (χ0v) is 31.7. The van der Waals surface area contributed by atoms with E-state index in [2.05, 4.69) is 143 Å². The number of furan rings is 1. The fourth-order valence-corrected chi connectivity index (χ4v) is 7.89. The maximum atomic E-state index is 6.49. The number of nitrogens with zero attached hydrogens (tertiary/aromatic N) is 5. The minimum Gasteiger partial charge on any atom is -0.455 e. The molecule has 0 aliphatic carbocycles.